The Balaban J connectivity index is 3.60. The first kappa shape index (κ1) is 19.1. The molecule has 16 heteroatoms. The van der Waals surface area contributed by atoms with Crippen LogP contribution in [0.5, 0.6) is 0 Å². The van der Waals surface area contributed by atoms with Crippen molar-refractivity contribution in [3.63, 3.8) is 0 Å². The Hall–Kier alpha value is -0.930. The summed E-state index contributed by atoms with van der Waals surface area (Å²) in [5, 5.41) is -6.83. The standard InChI is InChI=1S/C6F12O3S/c7-1(8,3(11,12)5(14,15)16)2(9,10)4(13)6(17,18)21-22(4,19)20. The summed E-state index contributed by atoms with van der Waals surface area (Å²) in [4.78, 5) is 0. The van der Waals surface area contributed by atoms with Gasteiger partial charge in [0.2, 0.25) is 0 Å². The highest BCUT2D eigenvalue weighted by Crippen LogP contribution is 2.65. The van der Waals surface area contributed by atoms with Crippen LogP contribution < -0.4 is 0 Å². The predicted molar refractivity (Wildman–Crippen MR) is 39.7 cm³/mol. The quantitative estimate of drug-likeness (QED) is 0.559. The summed E-state index contributed by atoms with van der Waals surface area (Å²) >= 11 is 0. The molecule has 0 aliphatic carbocycles. The lowest BCUT2D eigenvalue weighted by Gasteiger charge is -2.46. The van der Waals surface area contributed by atoms with Crippen LogP contribution >= 0.6 is 0 Å². The Labute approximate surface area is 111 Å². The molecule has 132 valence electrons. The van der Waals surface area contributed by atoms with E-state index in [1.54, 1.807) is 0 Å². The normalized spacial score (nSPS) is 29.1. The molecule has 1 heterocycles. The minimum Gasteiger partial charge on any atom is -0.206 e. The fraction of sp³-hybridized carbons (Fsp3) is 1.00. The van der Waals surface area contributed by atoms with Gasteiger partial charge in [-0.15, -0.1) is 0 Å². The molecule has 0 amide bonds. The Morgan fingerprint density at radius 1 is 0.727 bits per heavy atom. The second-order valence-electron chi connectivity index (χ2n) is 3.87. The molecule has 3 nitrogen and oxygen atoms in total. The summed E-state index contributed by atoms with van der Waals surface area (Å²) in [6.45, 7) is 0. The molecule has 0 aromatic carbocycles. The highest BCUT2D eigenvalue weighted by Gasteiger charge is 2.98. The molecular weight excluding hydrogens is 380 g/mol. The molecule has 0 spiro atoms. The van der Waals surface area contributed by atoms with Gasteiger partial charge in [0.05, 0.1) is 0 Å². The topological polar surface area (TPSA) is 43.4 Å². The fourth-order valence-corrected chi connectivity index (χ4v) is 2.44. The van der Waals surface area contributed by atoms with Crippen molar-refractivity contribution in [2.75, 3.05) is 0 Å². The Morgan fingerprint density at radius 3 is 1.32 bits per heavy atom. The van der Waals surface area contributed by atoms with Crippen LogP contribution in [0.4, 0.5) is 52.7 Å². The summed E-state index contributed by atoms with van der Waals surface area (Å²) in [5.41, 5.74) is 0. The van der Waals surface area contributed by atoms with Crippen molar-refractivity contribution in [3.05, 3.63) is 0 Å². The summed E-state index contributed by atoms with van der Waals surface area (Å²) in [7, 11) is -6.92. The third kappa shape index (κ3) is 1.78. The minimum atomic E-state index is -7.88. The number of halogens is 12. The van der Waals surface area contributed by atoms with Crippen molar-refractivity contribution in [1.29, 1.82) is 0 Å². The lowest BCUT2D eigenvalue weighted by atomic mass is 9.98. The Morgan fingerprint density at radius 2 is 1.09 bits per heavy atom. The monoisotopic (exact) mass is 380 g/mol. The van der Waals surface area contributed by atoms with E-state index in [2.05, 4.69) is 4.18 Å². The molecule has 0 N–H and O–H groups in total. The molecule has 1 aliphatic heterocycles. The van der Waals surface area contributed by atoms with E-state index in [1.165, 1.54) is 0 Å². The molecule has 1 rings (SSSR count). The third-order valence-electron chi connectivity index (χ3n) is 2.48. The van der Waals surface area contributed by atoms with Crippen LogP contribution in [0.25, 0.3) is 0 Å². The van der Waals surface area contributed by atoms with Gasteiger partial charge in [0.1, 0.15) is 0 Å². The van der Waals surface area contributed by atoms with E-state index < -0.39 is 45.2 Å². The van der Waals surface area contributed by atoms with Gasteiger partial charge in [0.15, 0.2) is 0 Å². The van der Waals surface area contributed by atoms with Gasteiger partial charge in [-0.25, -0.2) is 4.39 Å². The molecule has 1 unspecified atom stereocenters. The number of rotatable bonds is 3. The van der Waals surface area contributed by atoms with Crippen LogP contribution in [0.2, 0.25) is 0 Å². The highest BCUT2D eigenvalue weighted by atomic mass is 32.2. The number of hydrogen-bond donors (Lipinski definition) is 0. The van der Waals surface area contributed by atoms with Gasteiger partial charge in [0, 0.05) is 0 Å². The Kier molecular flexibility index (Phi) is 3.58. The van der Waals surface area contributed by atoms with E-state index >= 15 is 0 Å². The molecule has 1 saturated heterocycles. The van der Waals surface area contributed by atoms with Crippen LogP contribution in [0.3, 0.4) is 0 Å². The van der Waals surface area contributed by atoms with E-state index in [-0.39, 0.29) is 0 Å². The summed E-state index contributed by atoms with van der Waals surface area (Å²) in [6.07, 6.45) is -13.7. The molecule has 22 heavy (non-hydrogen) atoms. The van der Waals surface area contributed by atoms with Gasteiger partial charge in [0.25, 0.3) is 0 Å². The summed E-state index contributed by atoms with van der Waals surface area (Å²) in [5.74, 6) is -23.3. The summed E-state index contributed by atoms with van der Waals surface area (Å²) < 4.78 is 173. The minimum absolute atomic E-state index is 2.23. The molecule has 0 saturated carbocycles. The fourth-order valence-electron chi connectivity index (χ4n) is 1.28. The zero-order chi connectivity index (χ0) is 18.2. The zero-order valence-corrected chi connectivity index (χ0v) is 9.99. The maximum absolute atomic E-state index is 13.3. The van der Waals surface area contributed by atoms with Gasteiger partial charge in [-0.05, 0) is 0 Å². The van der Waals surface area contributed by atoms with Crippen LogP contribution in [0.15, 0.2) is 0 Å². The van der Waals surface area contributed by atoms with E-state index in [9.17, 15) is 61.1 Å². The third-order valence-corrected chi connectivity index (χ3v) is 4.09. The van der Waals surface area contributed by atoms with Gasteiger partial charge in [-0.2, -0.15) is 60.9 Å². The van der Waals surface area contributed by atoms with Gasteiger partial charge in [-0.1, -0.05) is 0 Å². The smallest absolute Gasteiger partial charge is 0.206 e. The first-order valence-corrected chi connectivity index (χ1v) is 5.83. The van der Waals surface area contributed by atoms with E-state index in [0.29, 0.717) is 0 Å². The maximum Gasteiger partial charge on any atom is 0.460 e. The van der Waals surface area contributed by atoms with Crippen molar-refractivity contribution in [2.24, 2.45) is 0 Å². The van der Waals surface area contributed by atoms with Crippen LogP contribution in [-0.4, -0.2) is 43.5 Å². The van der Waals surface area contributed by atoms with Crippen LogP contribution in [0, 0.1) is 0 Å². The average molecular weight is 380 g/mol. The molecule has 0 aromatic rings. The van der Waals surface area contributed by atoms with E-state index in [0.717, 1.165) is 0 Å². The maximum atomic E-state index is 13.3. The first-order chi connectivity index (χ1) is 9.21. The van der Waals surface area contributed by atoms with Crippen LogP contribution in [0.1, 0.15) is 0 Å². The molecule has 1 fully saturated rings. The van der Waals surface area contributed by atoms with Gasteiger partial charge < -0.3 is 0 Å². The lowest BCUT2D eigenvalue weighted by Crippen LogP contribution is -2.79. The average Bonchev–Trinajstić information content (AvgIpc) is 2.23. The van der Waals surface area contributed by atoms with Gasteiger partial charge >= 0.3 is 45.2 Å². The molecule has 0 bridgehead atoms. The van der Waals surface area contributed by atoms with E-state index in [1.807, 2.05) is 0 Å². The molecular formula is C6F12O3S. The van der Waals surface area contributed by atoms with E-state index in [4.69, 9.17) is 0 Å². The van der Waals surface area contributed by atoms with Crippen molar-refractivity contribution < 1.29 is 65.3 Å². The number of alkyl halides is 12. The first-order valence-electron chi connectivity index (χ1n) is 4.43. The highest BCUT2D eigenvalue weighted by molar-refractivity contribution is 7.89. The largest absolute Gasteiger partial charge is 0.460 e. The molecule has 0 radical (unpaired) electrons. The van der Waals surface area contributed by atoms with Crippen molar-refractivity contribution >= 4 is 10.1 Å². The van der Waals surface area contributed by atoms with Gasteiger partial charge in [-0.3, -0.25) is 0 Å². The molecule has 0 aromatic heterocycles. The second kappa shape index (κ2) is 4.12. The van der Waals surface area contributed by atoms with Crippen molar-refractivity contribution in [1.82, 2.24) is 0 Å². The van der Waals surface area contributed by atoms with Crippen LogP contribution in [-0.2, 0) is 14.3 Å². The summed E-state index contributed by atoms with van der Waals surface area (Å²) in [6, 6.07) is 0. The lowest BCUT2D eigenvalue weighted by molar-refractivity contribution is -0.433. The predicted octanol–water partition coefficient (Wildman–Crippen LogP) is 3.07. The number of hydrogen-bond acceptors (Lipinski definition) is 3. The Bertz CT molecular complexity index is 576. The second-order valence-corrected chi connectivity index (χ2v) is 5.51. The zero-order valence-electron chi connectivity index (χ0n) is 9.17. The molecule has 1 aliphatic rings. The molecule has 1 atom stereocenters. The van der Waals surface area contributed by atoms with Crippen molar-refractivity contribution in [3.8, 4) is 0 Å². The van der Waals surface area contributed by atoms with Crippen molar-refractivity contribution in [2.45, 2.75) is 35.1 Å². The SMILES string of the molecule is O=S1(=O)OC(F)(F)C1(F)C(F)(F)C(F)(F)C(F)(F)C(F)(F)F.